The first-order chi connectivity index (χ1) is 5.74. The Morgan fingerprint density at radius 2 is 2.67 bits per heavy atom. The van der Waals surface area contributed by atoms with Crippen molar-refractivity contribution in [2.75, 3.05) is 5.75 Å². The van der Waals surface area contributed by atoms with Gasteiger partial charge in [-0.15, -0.1) is 5.10 Å². The molecule has 12 heavy (non-hydrogen) atoms. The smallest absolute Gasteiger partial charge is 0.330 e. The van der Waals surface area contributed by atoms with Gasteiger partial charge in [-0.3, -0.25) is 0 Å². The molecule has 6 nitrogen and oxygen atoms in total. The van der Waals surface area contributed by atoms with Crippen LogP contribution in [0.15, 0.2) is 6.20 Å². The van der Waals surface area contributed by atoms with Crippen LogP contribution < -0.4 is 10.5 Å². The van der Waals surface area contributed by atoms with Gasteiger partial charge in [-0.25, -0.2) is 4.79 Å². The molecule has 1 aromatic rings. The summed E-state index contributed by atoms with van der Waals surface area (Å²) < 4.78 is 4.69. The molecule has 1 aromatic heterocycles. The van der Waals surface area contributed by atoms with E-state index < -0.39 is 12.0 Å². The molecule has 1 rings (SSSR count). The van der Waals surface area contributed by atoms with Crippen molar-refractivity contribution >= 4 is 18.6 Å². The summed E-state index contributed by atoms with van der Waals surface area (Å²) in [4.78, 5) is 11.0. The Morgan fingerprint density at radius 1 is 1.92 bits per heavy atom. The van der Waals surface area contributed by atoms with Crippen molar-refractivity contribution in [2.45, 2.75) is 6.04 Å². The summed E-state index contributed by atoms with van der Waals surface area (Å²) in [6.45, 7) is 0. The van der Waals surface area contributed by atoms with Crippen molar-refractivity contribution < 1.29 is 9.53 Å². The first-order valence-electron chi connectivity index (χ1n) is 3.18. The van der Waals surface area contributed by atoms with Crippen LogP contribution in [0.4, 0.5) is 0 Å². The third-order valence-corrected chi connectivity index (χ3v) is 1.49. The van der Waals surface area contributed by atoms with Gasteiger partial charge < -0.3 is 10.5 Å². The molecule has 1 atom stereocenters. The van der Waals surface area contributed by atoms with Crippen LogP contribution in [0.3, 0.4) is 0 Å². The zero-order valence-electron chi connectivity index (χ0n) is 6.10. The lowest BCUT2D eigenvalue weighted by Crippen LogP contribution is -2.35. The highest BCUT2D eigenvalue weighted by Gasteiger charge is 2.14. The number of rotatable bonds is 3. The van der Waals surface area contributed by atoms with Crippen LogP contribution in [0.25, 0.3) is 0 Å². The van der Waals surface area contributed by atoms with E-state index in [0.717, 1.165) is 0 Å². The Morgan fingerprint density at radius 3 is 3.17 bits per heavy atom. The van der Waals surface area contributed by atoms with Gasteiger partial charge in [0.05, 0.1) is 0 Å². The molecule has 0 amide bonds. The van der Waals surface area contributed by atoms with Gasteiger partial charge in [0.15, 0.2) is 0 Å². The summed E-state index contributed by atoms with van der Waals surface area (Å²) in [5.74, 6) is -0.229. The molecule has 66 valence electrons. The van der Waals surface area contributed by atoms with E-state index in [1.54, 1.807) is 0 Å². The number of hydrogen-bond acceptors (Lipinski definition) is 6. The average molecular weight is 188 g/mol. The second kappa shape index (κ2) is 4.07. The molecule has 0 fully saturated rings. The number of hydrogen-bond donors (Lipinski definition) is 3. The standard InChI is InChI=1S/C5H8N4O2S/c6-3(2-12)5(10)11-4-1-7-9-8-4/h1,3,12H,2,6H2,(H,7,8,9)/t3-/m0/s1. The molecule has 0 saturated heterocycles. The number of H-pyrrole nitrogens is 1. The monoisotopic (exact) mass is 188 g/mol. The van der Waals surface area contributed by atoms with Crippen LogP contribution in [0, 0.1) is 0 Å². The van der Waals surface area contributed by atoms with Gasteiger partial charge >= 0.3 is 5.97 Å². The van der Waals surface area contributed by atoms with Crippen molar-refractivity contribution in [2.24, 2.45) is 5.73 Å². The molecule has 1 heterocycles. The first-order valence-corrected chi connectivity index (χ1v) is 3.81. The summed E-state index contributed by atoms with van der Waals surface area (Å²) in [5.41, 5.74) is 5.32. The van der Waals surface area contributed by atoms with Crippen molar-refractivity contribution in [1.82, 2.24) is 15.4 Å². The van der Waals surface area contributed by atoms with Crippen molar-refractivity contribution in [3.05, 3.63) is 6.20 Å². The third kappa shape index (κ3) is 2.21. The topological polar surface area (TPSA) is 93.9 Å². The molecule has 0 aliphatic rings. The number of ether oxygens (including phenoxy) is 1. The van der Waals surface area contributed by atoms with E-state index in [4.69, 9.17) is 5.73 Å². The minimum absolute atomic E-state index is 0.109. The molecule has 7 heteroatoms. The van der Waals surface area contributed by atoms with Crippen molar-refractivity contribution in [3.63, 3.8) is 0 Å². The number of thiol groups is 1. The van der Waals surface area contributed by atoms with E-state index in [0.29, 0.717) is 0 Å². The molecular weight excluding hydrogens is 180 g/mol. The second-order valence-corrected chi connectivity index (χ2v) is 2.38. The molecule has 0 aromatic carbocycles. The summed E-state index contributed by atoms with van der Waals surface area (Å²) in [6, 6.07) is -0.731. The van der Waals surface area contributed by atoms with E-state index in [9.17, 15) is 4.79 Å². The molecule has 0 bridgehead atoms. The number of carbonyl (C=O) groups excluding carboxylic acids is 1. The quantitative estimate of drug-likeness (QED) is 0.416. The summed E-state index contributed by atoms with van der Waals surface area (Å²) in [7, 11) is 0. The fraction of sp³-hybridized carbons (Fsp3) is 0.400. The van der Waals surface area contributed by atoms with Crippen molar-refractivity contribution in [1.29, 1.82) is 0 Å². The molecule has 0 radical (unpaired) electrons. The zero-order valence-corrected chi connectivity index (χ0v) is 6.99. The molecule has 0 spiro atoms. The van der Waals surface area contributed by atoms with Crippen LogP contribution >= 0.6 is 12.6 Å². The van der Waals surface area contributed by atoms with E-state index in [1.807, 2.05) is 0 Å². The van der Waals surface area contributed by atoms with Crippen LogP contribution in [0.1, 0.15) is 0 Å². The first kappa shape index (κ1) is 9.01. The van der Waals surface area contributed by atoms with Gasteiger partial charge in [-0.05, 0) is 0 Å². The summed E-state index contributed by atoms with van der Waals surface area (Å²) in [5, 5.41) is 9.26. The number of aromatic nitrogens is 3. The number of esters is 1. The molecule has 0 saturated carbocycles. The Kier molecular flexibility index (Phi) is 3.06. The largest absolute Gasteiger partial charge is 0.403 e. The normalized spacial score (nSPS) is 12.5. The van der Waals surface area contributed by atoms with Crippen molar-refractivity contribution in [3.8, 4) is 5.88 Å². The number of carbonyl (C=O) groups is 1. The van der Waals surface area contributed by atoms with Gasteiger partial charge in [0.2, 0.25) is 0 Å². The average Bonchev–Trinajstić information content (AvgIpc) is 2.55. The Labute approximate surface area is 73.9 Å². The summed E-state index contributed by atoms with van der Waals surface area (Å²) in [6.07, 6.45) is 1.28. The van der Waals surface area contributed by atoms with E-state index in [1.165, 1.54) is 6.20 Å². The lowest BCUT2D eigenvalue weighted by Gasteiger charge is -2.04. The van der Waals surface area contributed by atoms with Crippen LogP contribution in [0.5, 0.6) is 5.88 Å². The minimum atomic E-state index is -0.731. The van der Waals surface area contributed by atoms with Gasteiger partial charge in [0.1, 0.15) is 12.2 Å². The number of nitrogens with one attached hydrogen (secondary N) is 1. The van der Waals surface area contributed by atoms with E-state index >= 15 is 0 Å². The lowest BCUT2D eigenvalue weighted by molar-refractivity contribution is -0.135. The fourth-order valence-electron chi connectivity index (χ4n) is 0.494. The van der Waals surface area contributed by atoms with Gasteiger partial charge in [0.25, 0.3) is 5.88 Å². The maximum Gasteiger partial charge on any atom is 0.330 e. The minimum Gasteiger partial charge on any atom is -0.403 e. The zero-order chi connectivity index (χ0) is 8.97. The molecule has 0 aliphatic heterocycles. The second-order valence-electron chi connectivity index (χ2n) is 2.02. The predicted molar refractivity (Wildman–Crippen MR) is 43.8 cm³/mol. The highest BCUT2D eigenvalue weighted by molar-refractivity contribution is 7.80. The van der Waals surface area contributed by atoms with Gasteiger partial charge in [-0.2, -0.15) is 22.9 Å². The number of aromatic amines is 1. The summed E-state index contributed by atoms with van der Waals surface area (Å²) >= 11 is 3.84. The van der Waals surface area contributed by atoms with E-state index in [-0.39, 0.29) is 11.6 Å². The number of nitrogens with two attached hydrogens (primary N) is 1. The lowest BCUT2D eigenvalue weighted by atomic mass is 10.4. The fourth-order valence-corrected chi connectivity index (χ4v) is 0.643. The predicted octanol–water partition coefficient (Wildman–Crippen LogP) is -1.03. The van der Waals surface area contributed by atoms with Crippen LogP contribution in [-0.4, -0.2) is 33.2 Å². The maximum absolute atomic E-state index is 11.0. The maximum atomic E-state index is 11.0. The third-order valence-electron chi connectivity index (χ3n) is 1.10. The molecule has 0 unspecified atom stereocenters. The van der Waals surface area contributed by atoms with Crippen LogP contribution in [0.2, 0.25) is 0 Å². The highest BCUT2D eigenvalue weighted by atomic mass is 32.1. The van der Waals surface area contributed by atoms with Gasteiger partial charge in [-0.1, -0.05) is 0 Å². The van der Waals surface area contributed by atoms with Crippen LogP contribution in [-0.2, 0) is 4.79 Å². The SMILES string of the molecule is N[C@@H](CS)C(=O)Oc1cn[nH]n1. The number of nitrogens with zero attached hydrogens (tertiary/aromatic N) is 2. The van der Waals surface area contributed by atoms with Gasteiger partial charge in [0, 0.05) is 5.75 Å². The Balaban J connectivity index is 2.47. The molecular formula is C5H8N4O2S. The van der Waals surface area contributed by atoms with E-state index in [2.05, 4.69) is 32.8 Å². The molecule has 3 N–H and O–H groups in total. The highest BCUT2D eigenvalue weighted by Crippen LogP contribution is 2.01. The molecule has 0 aliphatic carbocycles. The Bertz CT molecular complexity index is 250. The Hall–Kier alpha value is -1.08.